The molecule has 368 valence electrons. The highest BCUT2D eigenvalue weighted by molar-refractivity contribution is 5.99. The zero-order valence-corrected chi connectivity index (χ0v) is 44.5. The number of anilines is 3. The van der Waals surface area contributed by atoms with Crippen molar-refractivity contribution >= 4 is 17.1 Å². The number of nitrogens with zero attached hydrogens (tertiary/aromatic N) is 1. The first-order valence-corrected chi connectivity index (χ1v) is 27.2. The quantitative estimate of drug-likeness (QED) is 0.147. The molecule has 3 aliphatic rings. The van der Waals surface area contributed by atoms with Crippen LogP contribution in [0.5, 0.6) is 0 Å². The third-order valence-electron chi connectivity index (χ3n) is 16.7. The third-order valence-corrected chi connectivity index (χ3v) is 16.7. The number of fused-ring (bicyclic) bond motifs is 10. The van der Waals surface area contributed by atoms with E-state index in [1.165, 1.54) is 100 Å². The van der Waals surface area contributed by atoms with Crippen LogP contribution < -0.4 is 4.90 Å². The smallest absolute Gasteiger partial charge is 0.0685 e. The van der Waals surface area contributed by atoms with E-state index < -0.39 is 5.41 Å². The maximum absolute atomic E-state index is 2.61. The minimum absolute atomic E-state index is 0.00664. The molecule has 13 rings (SSSR count). The Balaban J connectivity index is 1.04. The SMILES string of the molecule is CC(C)(C)C1=CCC2C(=C1)C1(c3ccccc3-c3cc(N(c4ccc(-c5ccccc5-c5ccccc5)cc4)c4ccccc4-c4ccccc4-c4ccccc4-c4ccccc4)ccc31)c1cc(C(C)(C)C)ccc12. The predicted molar refractivity (Wildman–Crippen MR) is 322 cm³/mol. The van der Waals surface area contributed by atoms with Crippen LogP contribution in [0, 0.1) is 5.41 Å². The molecule has 0 aromatic heterocycles. The molecule has 0 radical (unpaired) electrons. The average Bonchev–Trinajstić information content (AvgIpc) is 4.09. The molecule has 0 aliphatic heterocycles. The Hall–Kier alpha value is -8.52. The van der Waals surface area contributed by atoms with Crippen LogP contribution >= 0.6 is 0 Å². The summed E-state index contributed by atoms with van der Waals surface area (Å²) >= 11 is 0. The van der Waals surface area contributed by atoms with Gasteiger partial charge in [-0.15, -0.1) is 0 Å². The van der Waals surface area contributed by atoms with Crippen LogP contribution in [0.3, 0.4) is 0 Å². The maximum atomic E-state index is 2.61. The summed E-state index contributed by atoms with van der Waals surface area (Å²) < 4.78 is 0. The Kier molecular flexibility index (Phi) is 11.4. The van der Waals surface area contributed by atoms with Crippen molar-refractivity contribution in [3.8, 4) is 66.8 Å². The Bertz CT molecular complexity index is 3910. The van der Waals surface area contributed by atoms with E-state index in [9.17, 15) is 0 Å². The molecule has 0 N–H and O–H groups in total. The first-order valence-electron chi connectivity index (χ1n) is 27.2. The monoisotopic (exact) mass is 977 g/mol. The molecule has 76 heavy (non-hydrogen) atoms. The summed E-state index contributed by atoms with van der Waals surface area (Å²) in [6.07, 6.45) is 6.14. The Morgan fingerprint density at radius 2 is 0.842 bits per heavy atom. The molecule has 2 unspecified atom stereocenters. The zero-order valence-electron chi connectivity index (χ0n) is 44.5. The van der Waals surface area contributed by atoms with Crippen molar-refractivity contribution in [2.24, 2.45) is 5.41 Å². The lowest BCUT2D eigenvalue weighted by Gasteiger charge is -2.36. The lowest BCUT2D eigenvalue weighted by atomic mass is 9.66. The summed E-state index contributed by atoms with van der Waals surface area (Å²) in [6, 6.07) is 90.7. The number of hydrogen-bond donors (Lipinski definition) is 0. The van der Waals surface area contributed by atoms with E-state index in [1.54, 1.807) is 0 Å². The number of rotatable bonds is 8. The van der Waals surface area contributed by atoms with Crippen LogP contribution in [0.1, 0.15) is 81.7 Å². The van der Waals surface area contributed by atoms with E-state index in [1.807, 2.05) is 0 Å². The van der Waals surface area contributed by atoms with Gasteiger partial charge in [0, 0.05) is 22.9 Å². The van der Waals surface area contributed by atoms with Crippen molar-refractivity contribution in [1.29, 1.82) is 0 Å². The second-order valence-electron chi connectivity index (χ2n) is 23.1. The molecule has 1 heteroatoms. The van der Waals surface area contributed by atoms with Gasteiger partial charge in [-0.1, -0.05) is 266 Å². The number of benzene rings is 10. The molecular formula is C75H63N. The van der Waals surface area contributed by atoms with E-state index in [4.69, 9.17) is 0 Å². The van der Waals surface area contributed by atoms with Gasteiger partial charge in [-0.3, -0.25) is 0 Å². The molecule has 0 amide bonds. The molecule has 2 atom stereocenters. The Morgan fingerprint density at radius 3 is 1.45 bits per heavy atom. The summed E-state index contributed by atoms with van der Waals surface area (Å²) in [6.45, 7) is 14.2. The third kappa shape index (κ3) is 7.75. The average molecular weight is 978 g/mol. The lowest BCUT2D eigenvalue weighted by Crippen LogP contribution is -2.29. The highest BCUT2D eigenvalue weighted by atomic mass is 15.1. The Morgan fingerprint density at radius 1 is 0.368 bits per heavy atom. The fourth-order valence-electron chi connectivity index (χ4n) is 13.0. The molecular weight excluding hydrogens is 915 g/mol. The van der Waals surface area contributed by atoms with Crippen LogP contribution in [-0.2, 0) is 10.8 Å². The lowest BCUT2D eigenvalue weighted by molar-refractivity contribution is 0.506. The van der Waals surface area contributed by atoms with Crippen molar-refractivity contribution in [2.75, 3.05) is 4.90 Å². The molecule has 0 saturated heterocycles. The maximum Gasteiger partial charge on any atom is 0.0685 e. The first kappa shape index (κ1) is 47.2. The van der Waals surface area contributed by atoms with E-state index in [0.29, 0.717) is 5.92 Å². The normalized spacial score (nSPS) is 16.3. The molecule has 3 aliphatic carbocycles. The van der Waals surface area contributed by atoms with Gasteiger partial charge < -0.3 is 4.90 Å². The minimum atomic E-state index is -0.432. The van der Waals surface area contributed by atoms with Crippen LogP contribution in [0.15, 0.2) is 266 Å². The molecule has 0 heterocycles. The van der Waals surface area contributed by atoms with Crippen LogP contribution in [0.4, 0.5) is 17.1 Å². The van der Waals surface area contributed by atoms with Crippen LogP contribution in [0.25, 0.3) is 66.8 Å². The molecule has 0 fully saturated rings. The molecule has 10 aromatic rings. The van der Waals surface area contributed by atoms with Crippen molar-refractivity contribution in [2.45, 2.75) is 64.7 Å². The summed E-state index contributed by atoms with van der Waals surface area (Å²) in [5.41, 5.74) is 27.5. The van der Waals surface area contributed by atoms with Gasteiger partial charge in [0.25, 0.3) is 0 Å². The minimum Gasteiger partial charge on any atom is -0.310 e. The van der Waals surface area contributed by atoms with Gasteiger partial charge in [-0.2, -0.15) is 0 Å². The summed E-state index contributed by atoms with van der Waals surface area (Å²) in [5.74, 6) is 0.301. The second kappa shape index (κ2) is 18.4. The molecule has 1 spiro atoms. The molecule has 1 nitrogen and oxygen atoms in total. The number of allylic oxidation sites excluding steroid dienone is 4. The Labute approximate surface area is 450 Å². The summed E-state index contributed by atoms with van der Waals surface area (Å²) in [7, 11) is 0. The van der Waals surface area contributed by atoms with E-state index in [0.717, 1.165) is 29.0 Å². The van der Waals surface area contributed by atoms with Crippen molar-refractivity contribution in [1.82, 2.24) is 0 Å². The zero-order chi connectivity index (χ0) is 51.8. The van der Waals surface area contributed by atoms with Gasteiger partial charge in [-0.25, -0.2) is 0 Å². The summed E-state index contributed by atoms with van der Waals surface area (Å²) in [4.78, 5) is 2.51. The van der Waals surface area contributed by atoms with Crippen molar-refractivity contribution in [3.05, 3.63) is 294 Å². The van der Waals surface area contributed by atoms with Gasteiger partial charge in [0.2, 0.25) is 0 Å². The number of hydrogen-bond acceptors (Lipinski definition) is 1. The van der Waals surface area contributed by atoms with Gasteiger partial charge in [0.15, 0.2) is 0 Å². The van der Waals surface area contributed by atoms with E-state index in [2.05, 4.69) is 301 Å². The second-order valence-corrected chi connectivity index (χ2v) is 23.1. The largest absolute Gasteiger partial charge is 0.310 e. The highest BCUT2D eigenvalue weighted by Crippen LogP contribution is 2.66. The molecule has 0 bridgehead atoms. The topological polar surface area (TPSA) is 3.24 Å². The predicted octanol–water partition coefficient (Wildman–Crippen LogP) is 20.5. The fraction of sp³-hybridized carbons (Fsp3) is 0.147. The highest BCUT2D eigenvalue weighted by Gasteiger charge is 2.56. The van der Waals surface area contributed by atoms with Gasteiger partial charge in [-0.05, 0) is 148 Å². The molecule has 10 aromatic carbocycles. The number of para-hydroxylation sites is 1. The van der Waals surface area contributed by atoms with Gasteiger partial charge in [0.05, 0.1) is 11.1 Å². The van der Waals surface area contributed by atoms with Crippen molar-refractivity contribution in [3.63, 3.8) is 0 Å². The van der Waals surface area contributed by atoms with Crippen molar-refractivity contribution < 1.29 is 0 Å². The standard InChI is InChI=1S/C75H63N/c1-73(2,3)53-39-44-64-65-45-40-54(74(4,5)6)48-71(65)75(70(64)47-53)68-35-21-19-33-63(68)67-49-56(43-46-69(67)75)76(55-41-37-52(38-42-55)58-28-14-13-27-57(58)50-23-9-7-10-24-50)72-36-22-20-34-66(72)62-32-18-17-31-61(62)60-30-16-15-29-59(60)51-25-11-8-12-26-51/h7-44,46-49,65H,45H2,1-6H3. The van der Waals surface area contributed by atoms with E-state index in [-0.39, 0.29) is 10.8 Å². The van der Waals surface area contributed by atoms with Crippen LogP contribution in [0.2, 0.25) is 0 Å². The van der Waals surface area contributed by atoms with E-state index >= 15 is 0 Å². The fourth-order valence-corrected chi connectivity index (χ4v) is 13.0. The van der Waals surface area contributed by atoms with Gasteiger partial charge in [0.1, 0.15) is 0 Å². The molecule has 0 saturated carbocycles. The van der Waals surface area contributed by atoms with Gasteiger partial charge >= 0.3 is 0 Å². The van der Waals surface area contributed by atoms with Crippen LogP contribution in [-0.4, -0.2) is 0 Å². The first-order chi connectivity index (χ1) is 37.0. The summed E-state index contributed by atoms with van der Waals surface area (Å²) in [5, 5.41) is 0.